The van der Waals surface area contributed by atoms with Gasteiger partial charge >= 0.3 is 0 Å². The summed E-state index contributed by atoms with van der Waals surface area (Å²) in [6.45, 7) is 2.13. The highest BCUT2D eigenvalue weighted by atomic mass is 32.2. The second kappa shape index (κ2) is 7.41. The fraction of sp³-hybridized carbons (Fsp3) is 0.278. The molecule has 1 aliphatic heterocycles. The number of carbonyl (C=O) groups excluding carboxylic acids is 1. The van der Waals surface area contributed by atoms with Gasteiger partial charge in [0.05, 0.1) is 27.9 Å². The van der Waals surface area contributed by atoms with Gasteiger partial charge in [0.2, 0.25) is 5.91 Å². The van der Waals surface area contributed by atoms with E-state index in [9.17, 15) is 4.79 Å². The van der Waals surface area contributed by atoms with Crippen LogP contribution in [0.5, 0.6) is 0 Å². The Hall–Kier alpha value is -2.12. The van der Waals surface area contributed by atoms with E-state index in [0.717, 1.165) is 39.2 Å². The minimum absolute atomic E-state index is 0.0417. The first kappa shape index (κ1) is 16.4. The second-order valence-electron chi connectivity index (χ2n) is 5.88. The van der Waals surface area contributed by atoms with Gasteiger partial charge in [-0.3, -0.25) is 4.79 Å². The van der Waals surface area contributed by atoms with Gasteiger partial charge in [-0.2, -0.15) is 0 Å². The summed E-state index contributed by atoms with van der Waals surface area (Å²) in [4.78, 5) is 23.4. The quantitative estimate of drug-likeness (QED) is 0.688. The Kier molecular flexibility index (Phi) is 4.85. The molecule has 1 N–H and O–H groups in total. The summed E-state index contributed by atoms with van der Waals surface area (Å²) in [5.74, 6) is 1.28. The molecular weight excluding hydrogens is 352 g/mol. The largest absolute Gasteiger partial charge is 0.357 e. The van der Waals surface area contributed by atoms with Crippen molar-refractivity contribution in [1.82, 2.24) is 9.97 Å². The molecule has 0 atom stereocenters. The first-order valence-corrected chi connectivity index (χ1v) is 10.1. The van der Waals surface area contributed by atoms with E-state index in [1.54, 1.807) is 17.5 Å². The lowest BCUT2D eigenvalue weighted by molar-refractivity contribution is -0.113. The molecule has 1 saturated heterocycles. The third kappa shape index (κ3) is 3.93. The van der Waals surface area contributed by atoms with Gasteiger partial charge in [-0.15, -0.1) is 11.3 Å². The number of pyridine rings is 1. The lowest BCUT2D eigenvalue weighted by atomic mass is 10.3. The van der Waals surface area contributed by atoms with Crippen LogP contribution in [-0.2, 0) is 4.79 Å². The molecule has 1 aromatic carbocycles. The number of para-hydroxylation sites is 1. The minimum atomic E-state index is -0.0417. The zero-order valence-electron chi connectivity index (χ0n) is 13.6. The van der Waals surface area contributed by atoms with Crippen LogP contribution < -0.4 is 10.2 Å². The van der Waals surface area contributed by atoms with Crippen LogP contribution in [-0.4, -0.2) is 34.7 Å². The SMILES string of the molecule is O=C(CSc1nc2ccccc2s1)Nc1ccc(N2CCCC2)nc1. The number of nitrogens with one attached hydrogen (secondary N) is 1. The fourth-order valence-corrected chi connectivity index (χ4v) is 4.70. The average molecular weight is 371 g/mol. The lowest BCUT2D eigenvalue weighted by Crippen LogP contribution is -2.19. The van der Waals surface area contributed by atoms with E-state index in [-0.39, 0.29) is 5.91 Å². The molecule has 2 aromatic heterocycles. The van der Waals surface area contributed by atoms with Gasteiger partial charge in [-0.05, 0) is 37.1 Å². The molecule has 1 aliphatic rings. The number of carbonyl (C=O) groups is 1. The predicted octanol–water partition coefficient (Wildman–Crippen LogP) is 4.02. The van der Waals surface area contributed by atoms with E-state index in [1.165, 1.54) is 24.6 Å². The van der Waals surface area contributed by atoms with Gasteiger partial charge in [-0.1, -0.05) is 23.9 Å². The maximum Gasteiger partial charge on any atom is 0.234 e. The van der Waals surface area contributed by atoms with Gasteiger partial charge in [0.1, 0.15) is 5.82 Å². The maximum absolute atomic E-state index is 12.1. The van der Waals surface area contributed by atoms with Crippen molar-refractivity contribution in [2.75, 3.05) is 29.1 Å². The van der Waals surface area contributed by atoms with Crippen molar-refractivity contribution in [3.05, 3.63) is 42.6 Å². The van der Waals surface area contributed by atoms with Crippen LogP contribution in [0.1, 0.15) is 12.8 Å². The molecule has 1 amide bonds. The van der Waals surface area contributed by atoms with Crippen LogP contribution in [0.25, 0.3) is 10.2 Å². The van der Waals surface area contributed by atoms with Crippen LogP contribution in [0.15, 0.2) is 46.9 Å². The highest BCUT2D eigenvalue weighted by molar-refractivity contribution is 8.01. The van der Waals surface area contributed by atoms with Gasteiger partial charge in [0.25, 0.3) is 0 Å². The van der Waals surface area contributed by atoms with E-state index in [4.69, 9.17) is 0 Å². The minimum Gasteiger partial charge on any atom is -0.357 e. The number of hydrogen-bond donors (Lipinski definition) is 1. The summed E-state index contributed by atoms with van der Waals surface area (Å²) in [7, 11) is 0. The first-order chi connectivity index (χ1) is 12.3. The molecule has 0 aliphatic carbocycles. The monoisotopic (exact) mass is 370 g/mol. The van der Waals surface area contributed by atoms with E-state index < -0.39 is 0 Å². The molecule has 7 heteroatoms. The number of rotatable bonds is 5. The molecule has 4 rings (SSSR count). The summed E-state index contributed by atoms with van der Waals surface area (Å²) < 4.78 is 2.06. The molecule has 1 fully saturated rings. The zero-order chi connectivity index (χ0) is 17.1. The molecule has 3 heterocycles. The van der Waals surface area contributed by atoms with Crippen LogP contribution in [0.3, 0.4) is 0 Å². The van der Waals surface area contributed by atoms with Crippen molar-refractivity contribution in [1.29, 1.82) is 0 Å². The Bertz CT molecular complexity index is 839. The van der Waals surface area contributed by atoms with Gasteiger partial charge in [0.15, 0.2) is 4.34 Å². The number of fused-ring (bicyclic) bond motifs is 1. The molecule has 3 aromatic rings. The third-order valence-electron chi connectivity index (χ3n) is 4.06. The molecular formula is C18H18N4OS2. The van der Waals surface area contributed by atoms with Crippen molar-refractivity contribution in [2.24, 2.45) is 0 Å². The van der Waals surface area contributed by atoms with Crippen molar-refractivity contribution < 1.29 is 4.79 Å². The topological polar surface area (TPSA) is 58.1 Å². The van der Waals surface area contributed by atoms with Gasteiger partial charge < -0.3 is 10.2 Å². The highest BCUT2D eigenvalue weighted by Gasteiger charge is 2.13. The van der Waals surface area contributed by atoms with E-state index in [1.807, 2.05) is 36.4 Å². The predicted molar refractivity (Wildman–Crippen MR) is 105 cm³/mol. The molecule has 0 saturated carbocycles. The summed E-state index contributed by atoms with van der Waals surface area (Å²) in [5.41, 5.74) is 1.72. The Morgan fingerprint density at radius 2 is 2.04 bits per heavy atom. The number of benzene rings is 1. The van der Waals surface area contributed by atoms with E-state index in [2.05, 4.69) is 20.2 Å². The molecule has 0 bridgehead atoms. The highest BCUT2D eigenvalue weighted by Crippen LogP contribution is 2.29. The molecule has 5 nitrogen and oxygen atoms in total. The number of thiazole rings is 1. The third-order valence-corrected chi connectivity index (χ3v) is 6.24. The molecule has 0 radical (unpaired) electrons. The smallest absolute Gasteiger partial charge is 0.234 e. The first-order valence-electron chi connectivity index (χ1n) is 8.27. The van der Waals surface area contributed by atoms with Gasteiger partial charge in [0, 0.05) is 13.1 Å². The van der Waals surface area contributed by atoms with Crippen LogP contribution in [0.2, 0.25) is 0 Å². The summed E-state index contributed by atoms with van der Waals surface area (Å²) in [6.07, 6.45) is 4.18. The van der Waals surface area contributed by atoms with Crippen molar-refractivity contribution >= 4 is 50.7 Å². The van der Waals surface area contributed by atoms with Crippen molar-refractivity contribution in [3.63, 3.8) is 0 Å². The van der Waals surface area contributed by atoms with Crippen LogP contribution in [0, 0.1) is 0 Å². The Morgan fingerprint density at radius 1 is 1.20 bits per heavy atom. The number of anilines is 2. The van der Waals surface area contributed by atoms with E-state index in [0.29, 0.717) is 5.75 Å². The maximum atomic E-state index is 12.1. The Balaban J connectivity index is 1.32. The number of aromatic nitrogens is 2. The summed E-state index contributed by atoms with van der Waals surface area (Å²) in [6, 6.07) is 11.9. The summed E-state index contributed by atoms with van der Waals surface area (Å²) >= 11 is 3.08. The van der Waals surface area contributed by atoms with Crippen molar-refractivity contribution in [3.8, 4) is 0 Å². The van der Waals surface area contributed by atoms with Crippen LogP contribution >= 0.6 is 23.1 Å². The summed E-state index contributed by atoms with van der Waals surface area (Å²) in [5, 5.41) is 2.90. The second-order valence-corrected chi connectivity index (χ2v) is 8.14. The molecule has 0 spiro atoms. The average Bonchev–Trinajstić information content (AvgIpc) is 3.30. The number of hydrogen-bond acceptors (Lipinski definition) is 6. The number of amides is 1. The zero-order valence-corrected chi connectivity index (χ0v) is 15.3. The Labute approximate surface area is 154 Å². The van der Waals surface area contributed by atoms with E-state index >= 15 is 0 Å². The number of nitrogens with zero attached hydrogens (tertiary/aromatic N) is 3. The molecule has 25 heavy (non-hydrogen) atoms. The standard InChI is InChI=1S/C18H18N4OS2/c23-17(12-24-18-21-14-5-1-2-6-15(14)25-18)20-13-7-8-16(19-11-13)22-9-3-4-10-22/h1-2,5-8,11H,3-4,9-10,12H2,(H,20,23). The molecule has 128 valence electrons. The fourth-order valence-electron chi connectivity index (χ4n) is 2.83. The van der Waals surface area contributed by atoms with Gasteiger partial charge in [-0.25, -0.2) is 9.97 Å². The normalized spacial score (nSPS) is 14.2. The number of thioether (sulfide) groups is 1. The molecule has 0 unspecified atom stereocenters. The Morgan fingerprint density at radius 3 is 2.80 bits per heavy atom. The van der Waals surface area contributed by atoms with Crippen LogP contribution in [0.4, 0.5) is 11.5 Å². The lowest BCUT2D eigenvalue weighted by Gasteiger charge is -2.16. The van der Waals surface area contributed by atoms with Crippen molar-refractivity contribution in [2.45, 2.75) is 17.2 Å².